The number of carbonyl (C=O) groups excluding carboxylic acids is 1. The molecule has 1 fully saturated rings. The van der Waals surface area contributed by atoms with Gasteiger partial charge in [-0.25, -0.2) is 0 Å². The Labute approximate surface area is 109 Å². The highest BCUT2D eigenvalue weighted by molar-refractivity contribution is 9.10. The third kappa shape index (κ3) is 2.53. The molecule has 0 unspecified atom stereocenters. The first-order valence-electron chi connectivity index (χ1n) is 5.76. The first kappa shape index (κ1) is 12.6. The van der Waals surface area contributed by atoms with E-state index in [4.69, 9.17) is 5.11 Å². The van der Waals surface area contributed by atoms with Crippen molar-refractivity contribution >= 4 is 21.8 Å². The van der Waals surface area contributed by atoms with E-state index in [1.54, 1.807) is 6.92 Å². The van der Waals surface area contributed by atoms with Crippen LogP contribution < -0.4 is 5.32 Å². The van der Waals surface area contributed by atoms with Gasteiger partial charge in [-0.3, -0.25) is 4.79 Å². The number of carbonyl (C=O) groups is 1. The number of benzene rings is 1. The molecule has 4 heteroatoms. The van der Waals surface area contributed by atoms with Crippen LogP contribution in [0.25, 0.3) is 0 Å². The molecule has 0 radical (unpaired) electrons. The van der Waals surface area contributed by atoms with Gasteiger partial charge in [0, 0.05) is 10.5 Å². The van der Waals surface area contributed by atoms with Crippen LogP contribution in [-0.4, -0.2) is 23.7 Å². The number of rotatable bonds is 4. The van der Waals surface area contributed by atoms with Gasteiger partial charge in [0.2, 0.25) is 5.91 Å². The monoisotopic (exact) mass is 297 g/mol. The zero-order chi connectivity index (χ0) is 12.5. The van der Waals surface area contributed by atoms with Crippen molar-refractivity contribution in [2.45, 2.75) is 31.2 Å². The summed E-state index contributed by atoms with van der Waals surface area (Å²) in [5, 5.41) is 11.8. The van der Waals surface area contributed by atoms with Crippen molar-refractivity contribution in [2.75, 3.05) is 6.61 Å². The maximum atomic E-state index is 12.1. The Balaban J connectivity index is 2.14. The minimum absolute atomic E-state index is 0.0256. The number of amides is 1. The van der Waals surface area contributed by atoms with Gasteiger partial charge in [-0.2, -0.15) is 0 Å². The number of hydrogen-bond donors (Lipinski definition) is 2. The van der Waals surface area contributed by atoms with Crippen LogP contribution in [0.5, 0.6) is 0 Å². The van der Waals surface area contributed by atoms with E-state index >= 15 is 0 Å². The van der Waals surface area contributed by atoms with E-state index in [0.717, 1.165) is 22.9 Å². The lowest BCUT2D eigenvalue weighted by Gasteiger charge is -2.18. The first-order chi connectivity index (χ1) is 8.08. The predicted octanol–water partition coefficient (Wildman–Crippen LogP) is 1.98. The number of aliphatic hydroxyl groups is 1. The van der Waals surface area contributed by atoms with Crippen molar-refractivity contribution in [3.05, 3.63) is 34.3 Å². The predicted molar refractivity (Wildman–Crippen MR) is 69.7 cm³/mol. The molecule has 0 spiro atoms. The molecule has 17 heavy (non-hydrogen) atoms. The summed E-state index contributed by atoms with van der Waals surface area (Å²) in [5.74, 6) is 0.0290. The summed E-state index contributed by atoms with van der Waals surface area (Å²) in [7, 11) is 0. The van der Waals surface area contributed by atoms with Crippen molar-refractivity contribution in [2.24, 2.45) is 0 Å². The first-order valence-corrected chi connectivity index (χ1v) is 6.56. The summed E-state index contributed by atoms with van der Waals surface area (Å²) >= 11 is 3.39. The smallest absolute Gasteiger partial charge is 0.230 e. The van der Waals surface area contributed by atoms with Crippen LogP contribution in [0.4, 0.5) is 0 Å². The Morgan fingerprint density at radius 2 is 2.06 bits per heavy atom. The lowest BCUT2D eigenvalue weighted by molar-refractivity contribution is -0.124. The van der Waals surface area contributed by atoms with Crippen molar-refractivity contribution in [1.29, 1.82) is 0 Å². The second-order valence-corrected chi connectivity index (χ2v) is 5.56. The van der Waals surface area contributed by atoms with Crippen LogP contribution in [0.1, 0.15) is 25.3 Å². The molecule has 1 aliphatic rings. The summed E-state index contributed by atoms with van der Waals surface area (Å²) in [6.45, 7) is 1.78. The maximum Gasteiger partial charge on any atom is 0.230 e. The summed E-state index contributed by atoms with van der Waals surface area (Å²) < 4.78 is 1.01. The molecule has 1 aliphatic carbocycles. The minimum atomic E-state index is -0.357. The van der Waals surface area contributed by atoms with Crippen LogP contribution in [0.2, 0.25) is 0 Å². The van der Waals surface area contributed by atoms with Gasteiger partial charge in [-0.05, 0) is 37.5 Å². The maximum absolute atomic E-state index is 12.1. The van der Waals surface area contributed by atoms with Gasteiger partial charge < -0.3 is 10.4 Å². The van der Waals surface area contributed by atoms with Gasteiger partial charge in [0.1, 0.15) is 0 Å². The SMILES string of the molecule is C[C@H](CO)NC(=O)C1(c2ccc(Br)cc2)CC1. The molecule has 2 N–H and O–H groups in total. The van der Waals surface area contributed by atoms with Gasteiger partial charge in [0.05, 0.1) is 12.0 Å². The number of halogens is 1. The van der Waals surface area contributed by atoms with Gasteiger partial charge in [0.15, 0.2) is 0 Å². The van der Waals surface area contributed by atoms with Crippen LogP contribution >= 0.6 is 15.9 Å². The fourth-order valence-electron chi connectivity index (χ4n) is 1.95. The molecule has 0 saturated heterocycles. The lowest BCUT2D eigenvalue weighted by Crippen LogP contribution is -2.41. The van der Waals surface area contributed by atoms with Crippen LogP contribution in [0, 0.1) is 0 Å². The Bertz CT molecular complexity index is 412. The van der Waals surface area contributed by atoms with E-state index in [-0.39, 0.29) is 24.0 Å². The molecule has 1 atom stereocenters. The molecule has 1 saturated carbocycles. The second-order valence-electron chi connectivity index (χ2n) is 4.65. The Kier molecular flexibility index (Phi) is 3.54. The minimum Gasteiger partial charge on any atom is -0.394 e. The van der Waals surface area contributed by atoms with Crippen molar-refractivity contribution in [3.8, 4) is 0 Å². The molecule has 3 nitrogen and oxygen atoms in total. The van der Waals surface area contributed by atoms with Gasteiger partial charge in [0.25, 0.3) is 0 Å². The Morgan fingerprint density at radius 3 is 2.53 bits per heavy atom. The fourth-order valence-corrected chi connectivity index (χ4v) is 2.21. The Hall–Kier alpha value is -0.870. The van der Waals surface area contributed by atoms with Crippen molar-refractivity contribution in [3.63, 3.8) is 0 Å². The zero-order valence-corrected chi connectivity index (χ0v) is 11.3. The lowest BCUT2D eigenvalue weighted by atomic mass is 9.95. The van der Waals surface area contributed by atoms with Crippen LogP contribution in [-0.2, 0) is 10.2 Å². The summed E-state index contributed by atoms with van der Waals surface area (Å²) in [6.07, 6.45) is 1.78. The van der Waals surface area contributed by atoms with E-state index in [9.17, 15) is 4.79 Å². The van der Waals surface area contributed by atoms with E-state index in [1.807, 2.05) is 24.3 Å². The molecule has 1 aromatic rings. The summed E-state index contributed by atoms with van der Waals surface area (Å²) in [5.41, 5.74) is 0.702. The van der Waals surface area contributed by atoms with Crippen molar-refractivity contribution in [1.82, 2.24) is 5.32 Å². The summed E-state index contributed by atoms with van der Waals surface area (Å²) in [4.78, 5) is 12.1. The Morgan fingerprint density at radius 1 is 1.47 bits per heavy atom. The molecule has 1 aromatic carbocycles. The van der Waals surface area contributed by atoms with Crippen molar-refractivity contribution < 1.29 is 9.90 Å². The molecule has 0 aliphatic heterocycles. The zero-order valence-electron chi connectivity index (χ0n) is 9.74. The molecule has 92 valence electrons. The molecular weight excluding hydrogens is 282 g/mol. The number of nitrogens with one attached hydrogen (secondary N) is 1. The number of hydrogen-bond acceptors (Lipinski definition) is 2. The number of aliphatic hydroxyl groups excluding tert-OH is 1. The molecule has 2 rings (SSSR count). The van der Waals surface area contributed by atoms with Crippen LogP contribution in [0.15, 0.2) is 28.7 Å². The van der Waals surface area contributed by atoms with E-state index in [2.05, 4.69) is 21.2 Å². The topological polar surface area (TPSA) is 49.3 Å². The standard InChI is InChI=1S/C13H16BrNO2/c1-9(8-16)15-12(17)13(6-7-13)10-2-4-11(14)5-3-10/h2-5,9,16H,6-8H2,1H3,(H,15,17)/t9-/m1/s1. The van der Waals surface area contributed by atoms with E-state index in [1.165, 1.54) is 0 Å². The fraction of sp³-hybridized carbons (Fsp3) is 0.462. The third-order valence-electron chi connectivity index (χ3n) is 3.23. The highest BCUT2D eigenvalue weighted by Gasteiger charge is 2.51. The largest absolute Gasteiger partial charge is 0.394 e. The normalized spacial score (nSPS) is 18.5. The quantitative estimate of drug-likeness (QED) is 0.893. The van der Waals surface area contributed by atoms with Gasteiger partial charge >= 0.3 is 0 Å². The molecule has 0 bridgehead atoms. The summed E-state index contributed by atoms with van der Waals surface area (Å²) in [6, 6.07) is 7.70. The molecule has 0 aromatic heterocycles. The average molecular weight is 298 g/mol. The van der Waals surface area contributed by atoms with Gasteiger partial charge in [-0.15, -0.1) is 0 Å². The van der Waals surface area contributed by atoms with Crippen LogP contribution in [0.3, 0.4) is 0 Å². The molecular formula is C13H16BrNO2. The second kappa shape index (κ2) is 4.78. The third-order valence-corrected chi connectivity index (χ3v) is 3.76. The van der Waals surface area contributed by atoms with E-state index in [0.29, 0.717) is 0 Å². The highest BCUT2D eigenvalue weighted by Crippen LogP contribution is 2.48. The highest BCUT2D eigenvalue weighted by atomic mass is 79.9. The average Bonchev–Trinajstić information content (AvgIpc) is 3.11. The molecule has 0 heterocycles. The van der Waals surface area contributed by atoms with Gasteiger partial charge in [-0.1, -0.05) is 28.1 Å². The molecule has 1 amide bonds. The van der Waals surface area contributed by atoms with E-state index < -0.39 is 0 Å².